The van der Waals surface area contributed by atoms with Crippen molar-refractivity contribution in [3.05, 3.63) is 78.0 Å². The molecule has 1 aliphatic rings. The summed E-state index contributed by atoms with van der Waals surface area (Å²) in [7, 11) is 0. The Balaban J connectivity index is 1.50. The quantitative estimate of drug-likeness (QED) is 0.685. The summed E-state index contributed by atoms with van der Waals surface area (Å²) in [5, 5.41) is 10.2. The summed E-state index contributed by atoms with van der Waals surface area (Å²) in [5.74, 6) is -0.0921. The van der Waals surface area contributed by atoms with Crippen LogP contribution in [0.1, 0.15) is 41.2 Å². The summed E-state index contributed by atoms with van der Waals surface area (Å²) in [6.07, 6.45) is 5.34. The van der Waals surface area contributed by atoms with Crippen molar-refractivity contribution >= 4 is 5.91 Å². The van der Waals surface area contributed by atoms with Gasteiger partial charge in [0.15, 0.2) is 0 Å². The third-order valence-electron chi connectivity index (χ3n) is 5.42. The minimum atomic E-state index is -0.0921. The van der Waals surface area contributed by atoms with E-state index in [0.29, 0.717) is 12.1 Å². The molecule has 2 N–H and O–H groups in total. The molecular weight excluding hydrogens is 348 g/mol. The number of aromatic nitrogens is 2. The molecule has 1 saturated heterocycles. The lowest BCUT2D eigenvalue weighted by atomic mass is 10.0. The van der Waals surface area contributed by atoms with Crippen molar-refractivity contribution in [3.63, 3.8) is 0 Å². The molecule has 1 aliphatic heterocycles. The first-order valence-electron chi connectivity index (χ1n) is 9.99. The molecule has 144 valence electrons. The van der Waals surface area contributed by atoms with Gasteiger partial charge in [-0.05, 0) is 31.5 Å². The van der Waals surface area contributed by atoms with Gasteiger partial charge in [0.05, 0.1) is 23.5 Å². The molecule has 0 saturated carbocycles. The van der Waals surface area contributed by atoms with E-state index in [2.05, 4.69) is 44.7 Å². The molecule has 1 unspecified atom stereocenters. The Morgan fingerprint density at radius 2 is 1.68 bits per heavy atom. The zero-order chi connectivity index (χ0) is 19.2. The average molecular weight is 374 g/mol. The van der Waals surface area contributed by atoms with Crippen LogP contribution in [0.5, 0.6) is 0 Å². The van der Waals surface area contributed by atoms with E-state index in [1.54, 1.807) is 6.20 Å². The summed E-state index contributed by atoms with van der Waals surface area (Å²) < 4.78 is 0. The number of piperidine rings is 1. The molecule has 0 bridgehead atoms. The van der Waals surface area contributed by atoms with Crippen molar-refractivity contribution in [2.75, 3.05) is 19.6 Å². The second-order valence-corrected chi connectivity index (χ2v) is 7.26. The fourth-order valence-electron chi connectivity index (χ4n) is 3.93. The van der Waals surface area contributed by atoms with Gasteiger partial charge in [-0.2, -0.15) is 5.10 Å². The molecule has 1 atom stereocenters. The second kappa shape index (κ2) is 8.85. The normalized spacial score (nSPS) is 15.9. The van der Waals surface area contributed by atoms with E-state index < -0.39 is 0 Å². The summed E-state index contributed by atoms with van der Waals surface area (Å²) in [4.78, 5) is 15.4. The fourth-order valence-corrected chi connectivity index (χ4v) is 3.93. The van der Waals surface area contributed by atoms with E-state index in [1.165, 1.54) is 24.8 Å². The molecule has 28 heavy (non-hydrogen) atoms. The predicted octanol–water partition coefficient (Wildman–Crippen LogP) is 4.03. The highest BCUT2D eigenvalue weighted by molar-refractivity contribution is 5.99. The Bertz CT molecular complexity index is 885. The first-order chi connectivity index (χ1) is 13.8. The van der Waals surface area contributed by atoms with Crippen LogP contribution in [-0.4, -0.2) is 40.6 Å². The Hall–Kier alpha value is -2.92. The number of benzene rings is 2. The summed E-state index contributed by atoms with van der Waals surface area (Å²) in [6, 6.07) is 20.5. The van der Waals surface area contributed by atoms with Crippen LogP contribution in [0.4, 0.5) is 0 Å². The van der Waals surface area contributed by atoms with E-state index in [4.69, 9.17) is 0 Å². The summed E-state index contributed by atoms with van der Waals surface area (Å²) >= 11 is 0. The number of H-pyrrole nitrogens is 1. The van der Waals surface area contributed by atoms with E-state index in [0.717, 1.165) is 24.3 Å². The van der Waals surface area contributed by atoms with Gasteiger partial charge in [-0.25, -0.2) is 0 Å². The van der Waals surface area contributed by atoms with Crippen LogP contribution in [0.15, 0.2) is 66.9 Å². The molecule has 0 spiro atoms. The van der Waals surface area contributed by atoms with Crippen LogP contribution in [0.3, 0.4) is 0 Å². The maximum atomic E-state index is 12.9. The number of hydrogen-bond acceptors (Lipinski definition) is 3. The van der Waals surface area contributed by atoms with Crippen LogP contribution in [0.2, 0.25) is 0 Å². The van der Waals surface area contributed by atoms with Crippen molar-refractivity contribution < 1.29 is 4.79 Å². The van der Waals surface area contributed by atoms with Gasteiger partial charge in [0, 0.05) is 12.1 Å². The highest BCUT2D eigenvalue weighted by atomic mass is 16.1. The third kappa shape index (κ3) is 4.15. The molecule has 1 aromatic heterocycles. The molecule has 4 rings (SSSR count). The van der Waals surface area contributed by atoms with Gasteiger partial charge in [0.1, 0.15) is 0 Å². The van der Waals surface area contributed by atoms with Gasteiger partial charge < -0.3 is 5.32 Å². The number of carbonyl (C=O) groups is 1. The maximum absolute atomic E-state index is 12.9. The predicted molar refractivity (Wildman–Crippen MR) is 111 cm³/mol. The second-order valence-electron chi connectivity index (χ2n) is 7.26. The van der Waals surface area contributed by atoms with E-state index in [9.17, 15) is 4.79 Å². The monoisotopic (exact) mass is 374 g/mol. The minimum Gasteiger partial charge on any atom is -0.350 e. The number of hydrogen-bond donors (Lipinski definition) is 2. The SMILES string of the molecule is O=C(NCC(c1ccccc1)N1CCCCC1)c1cn[nH]c1-c1ccccc1. The van der Waals surface area contributed by atoms with E-state index in [-0.39, 0.29) is 11.9 Å². The van der Waals surface area contributed by atoms with Crippen LogP contribution < -0.4 is 5.32 Å². The lowest BCUT2D eigenvalue weighted by Gasteiger charge is -2.35. The number of rotatable bonds is 6. The molecule has 3 aromatic rings. The summed E-state index contributed by atoms with van der Waals surface area (Å²) in [5.41, 5.74) is 3.55. The lowest BCUT2D eigenvalue weighted by Crippen LogP contribution is -2.40. The Kier molecular flexibility index (Phi) is 5.83. The smallest absolute Gasteiger partial charge is 0.255 e. The van der Waals surface area contributed by atoms with Crippen molar-refractivity contribution in [2.45, 2.75) is 25.3 Å². The molecule has 0 aliphatic carbocycles. The van der Waals surface area contributed by atoms with Crippen LogP contribution in [-0.2, 0) is 0 Å². The van der Waals surface area contributed by atoms with Gasteiger partial charge in [-0.1, -0.05) is 67.1 Å². The molecule has 5 nitrogen and oxygen atoms in total. The van der Waals surface area contributed by atoms with Gasteiger partial charge >= 0.3 is 0 Å². The third-order valence-corrected chi connectivity index (χ3v) is 5.42. The zero-order valence-corrected chi connectivity index (χ0v) is 16.0. The molecular formula is C23H26N4O. The zero-order valence-electron chi connectivity index (χ0n) is 16.0. The van der Waals surface area contributed by atoms with Crippen molar-refractivity contribution in [1.29, 1.82) is 0 Å². The maximum Gasteiger partial charge on any atom is 0.255 e. The van der Waals surface area contributed by atoms with Crippen LogP contribution in [0.25, 0.3) is 11.3 Å². The number of aromatic amines is 1. The first kappa shape index (κ1) is 18.4. The minimum absolute atomic E-state index is 0.0921. The van der Waals surface area contributed by atoms with Gasteiger partial charge in [0.25, 0.3) is 5.91 Å². The number of carbonyl (C=O) groups excluding carboxylic acids is 1. The van der Waals surface area contributed by atoms with Gasteiger partial charge in [-0.15, -0.1) is 0 Å². The molecule has 2 aromatic carbocycles. The lowest BCUT2D eigenvalue weighted by molar-refractivity contribution is 0.0925. The van der Waals surface area contributed by atoms with Crippen molar-refractivity contribution in [2.24, 2.45) is 0 Å². The highest BCUT2D eigenvalue weighted by Gasteiger charge is 2.24. The Morgan fingerprint density at radius 1 is 1.00 bits per heavy atom. The number of likely N-dealkylation sites (tertiary alicyclic amines) is 1. The molecule has 5 heteroatoms. The van der Waals surface area contributed by atoms with E-state index in [1.807, 2.05) is 36.4 Å². The topological polar surface area (TPSA) is 61.0 Å². The average Bonchev–Trinajstić information content (AvgIpc) is 3.26. The standard InChI is InChI=1S/C23H26N4O/c28-23(20-16-25-26-22(20)19-12-6-2-7-13-19)24-17-21(18-10-4-1-5-11-18)27-14-8-3-9-15-27/h1-2,4-7,10-13,16,21H,3,8-9,14-15,17H2,(H,24,28)(H,25,26). The van der Waals surface area contributed by atoms with Gasteiger partial charge in [-0.3, -0.25) is 14.8 Å². The molecule has 2 heterocycles. The largest absolute Gasteiger partial charge is 0.350 e. The molecule has 1 amide bonds. The number of nitrogens with one attached hydrogen (secondary N) is 2. The molecule has 1 fully saturated rings. The number of nitrogens with zero attached hydrogens (tertiary/aromatic N) is 2. The number of amides is 1. The molecule has 0 radical (unpaired) electrons. The van der Waals surface area contributed by atoms with Crippen LogP contribution in [0, 0.1) is 0 Å². The Labute approximate surface area is 165 Å². The van der Waals surface area contributed by atoms with Crippen molar-refractivity contribution in [3.8, 4) is 11.3 Å². The van der Waals surface area contributed by atoms with Crippen LogP contribution >= 0.6 is 0 Å². The van der Waals surface area contributed by atoms with E-state index >= 15 is 0 Å². The van der Waals surface area contributed by atoms with Crippen molar-refractivity contribution in [1.82, 2.24) is 20.4 Å². The fraction of sp³-hybridized carbons (Fsp3) is 0.304. The van der Waals surface area contributed by atoms with Gasteiger partial charge in [0.2, 0.25) is 0 Å². The first-order valence-corrected chi connectivity index (χ1v) is 9.99. The highest BCUT2D eigenvalue weighted by Crippen LogP contribution is 2.25. The Morgan fingerprint density at radius 3 is 2.39 bits per heavy atom. The summed E-state index contributed by atoms with van der Waals surface area (Å²) in [6.45, 7) is 2.75.